The number of carbonyl (C=O) groups excluding carboxylic acids is 1. The van der Waals surface area contributed by atoms with Crippen molar-refractivity contribution in [2.45, 2.75) is 31.6 Å². The Morgan fingerprint density at radius 1 is 1.04 bits per heavy atom. The molecule has 5 rings (SSSR count). The molecule has 0 bridgehead atoms. The number of halogens is 1. The van der Waals surface area contributed by atoms with Crippen molar-refractivity contribution in [3.8, 4) is 0 Å². The zero-order chi connectivity index (χ0) is 19.3. The number of nitrogens with zero attached hydrogens (tertiary/aromatic N) is 1. The lowest BCUT2D eigenvalue weighted by molar-refractivity contribution is -0.116. The Kier molecular flexibility index (Phi) is 4.09. The molecule has 2 aliphatic rings. The van der Waals surface area contributed by atoms with Crippen molar-refractivity contribution in [2.24, 2.45) is 0 Å². The van der Waals surface area contributed by atoms with Crippen LogP contribution in [0.15, 0.2) is 70.4 Å². The van der Waals surface area contributed by atoms with Gasteiger partial charge >= 0.3 is 0 Å². The zero-order valence-electron chi connectivity index (χ0n) is 15.4. The highest BCUT2D eigenvalue weighted by atomic mass is 35.5. The number of aryl methyl sites for hydroxylation is 1. The van der Waals surface area contributed by atoms with Gasteiger partial charge in [0, 0.05) is 28.6 Å². The van der Waals surface area contributed by atoms with Crippen molar-refractivity contribution in [3.63, 3.8) is 0 Å². The van der Waals surface area contributed by atoms with Crippen LogP contribution in [0, 0.1) is 6.92 Å². The van der Waals surface area contributed by atoms with Crippen molar-refractivity contribution in [1.29, 1.82) is 0 Å². The number of benzene rings is 2. The van der Waals surface area contributed by atoms with Crippen molar-refractivity contribution in [1.82, 2.24) is 5.16 Å². The minimum atomic E-state index is -0.181. The highest BCUT2D eigenvalue weighted by Crippen LogP contribution is 2.49. The van der Waals surface area contributed by atoms with E-state index in [0.29, 0.717) is 17.3 Å². The molecular formula is C23H19ClN2O2. The Balaban J connectivity index is 1.63. The van der Waals surface area contributed by atoms with Gasteiger partial charge in [0.05, 0.1) is 11.3 Å². The fourth-order valence-corrected chi connectivity index (χ4v) is 4.55. The van der Waals surface area contributed by atoms with E-state index in [2.05, 4.69) is 22.6 Å². The number of nitrogens with one attached hydrogen (secondary N) is 1. The molecule has 0 spiro atoms. The molecule has 2 aromatic carbocycles. The molecule has 1 N–H and O–H groups in total. The summed E-state index contributed by atoms with van der Waals surface area (Å²) < 4.78 is 5.55. The summed E-state index contributed by atoms with van der Waals surface area (Å²) in [5.41, 5.74) is 5.71. The van der Waals surface area contributed by atoms with Crippen LogP contribution in [0.5, 0.6) is 0 Å². The minimum Gasteiger partial charge on any atom is -0.338 e. The van der Waals surface area contributed by atoms with Gasteiger partial charge in [-0.1, -0.05) is 59.2 Å². The first-order chi connectivity index (χ1) is 13.6. The largest absolute Gasteiger partial charge is 0.338 e. The summed E-state index contributed by atoms with van der Waals surface area (Å²) >= 11 is 6.09. The number of aromatic nitrogens is 1. The van der Waals surface area contributed by atoms with E-state index < -0.39 is 0 Å². The maximum Gasteiger partial charge on any atom is 0.233 e. The molecule has 4 nitrogen and oxygen atoms in total. The fraction of sp³-hybridized carbons (Fsp3) is 0.217. The second-order valence-electron chi connectivity index (χ2n) is 7.45. The molecule has 0 amide bonds. The van der Waals surface area contributed by atoms with Crippen molar-refractivity contribution >= 4 is 23.3 Å². The predicted octanol–water partition coefficient (Wildman–Crippen LogP) is 5.59. The summed E-state index contributed by atoms with van der Waals surface area (Å²) in [5, 5.41) is 8.19. The smallest absolute Gasteiger partial charge is 0.233 e. The number of anilines is 1. The van der Waals surface area contributed by atoms with E-state index in [4.69, 9.17) is 16.1 Å². The van der Waals surface area contributed by atoms with Gasteiger partial charge in [-0.3, -0.25) is 4.79 Å². The predicted molar refractivity (Wildman–Crippen MR) is 109 cm³/mol. The minimum absolute atomic E-state index is 0.163. The van der Waals surface area contributed by atoms with Crippen molar-refractivity contribution < 1.29 is 9.32 Å². The van der Waals surface area contributed by atoms with Crippen LogP contribution in [-0.4, -0.2) is 10.9 Å². The lowest BCUT2D eigenvalue weighted by Crippen LogP contribution is -2.29. The Hall–Kier alpha value is -2.85. The van der Waals surface area contributed by atoms with Crippen LogP contribution in [0.25, 0.3) is 0 Å². The molecule has 1 aliphatic heterocycles. The number of fused-ring (bicyclic) bond motifs is 1. The Labute approximate surface area is 168 Å². The quantitative estimate of drug-likeness (QED) is 0.619. The lowest BCUT2D eigenvalue weighted by Gasteiger charge is -2.34. The summed E-state index contributed by atoms with van der Waals surface area (Å²) in [6.07, 6.45) is 1.28. The van der Waals surface area contributed by atoms with E-state index in [-0.39, 0.29) is 17.6 Å². The van der Waals surface area contributed by atoms with E-state index in [0.717, 1.165) is 34.5 Å². The third-order valence-electron chi connectivity index (χ3n) is 5.73. The highest BCUT2D eigenvalue weighted by molar-refractivity contribution is 6.30. The van der Waals surface area contributed by atoms with E-state index in [1.165, 1.54) is 5.56 Å². The maximum absolute atomic E-state index is 13.3. The molecule has 2 atom stereocenters. The first-order valence-electron chi connectivity index (χ1n) is 9.41. The molecule has 0 radical (unpaired) electrons. The Morgan fingerprint density at radius 2 is 1.79 bits per heavy atom. The number of Topliss-reactive ketones (excluding diaryl/α,β-unsaturated/α-hetero) is 1. The molecule has 0 fully saturated rings. The average molecular weight is 391 g/mol. The maximum atomic E-state index is 13.3. The van der Waals surface area contributed by atoms with Gasteiger partial charge in [-0.2, -0.15) is 0 Å². The zero-order valence-corrected chi connectivity index (χ0v) is 16.2. The molecular weight excluding hydrogens is 372 g/mol. The Morgan fingerprint density at radius 3 is 2.54 bits per heavy atom. The van der Waals surface area contributed by atoms with E-state index >= 15 is 0 Å². The second kappa shape index (κ2) is 6.64. The monoisotopic (exact) mass is 390 g/mol. The van der Waals surface area contributed by atoms with Crippen LogP contribution >= 0.6 is 11.6 Å². The number of ketones is 1. The van der Waals surface area contributed by atoms with Gasteiger partial charge in [0.1, 0.15) is 0 Å². The van der Waals surface area contributed by atoms with Gasteiger partial charge in [-0.25, -0.2) is 0 Å². The van der Waals surface area contributed by atoms with Gasteiger partial charge in [0.2, 0.25) is 5.88 Å². The number of rotatable bonds is 2. The number of hydrogen-bond acceptors (Lipinski definition) is 4. The molecule has 0 unspecified atom stereocenters. The molecule has 1 aliphatic carbocycles. The number of hydrogen-bond donors (Lipinski definition) is 1. The second-order valence-corrected chi connectivity index (χ2v) is 7.89. The molecule has 3 aromatic rings. The van der Waals surface area contributed by atoms with Crippen LogP contribution in [0.4, 0.5) is 5.88 Å². The summed E-state index contributed by atoms with van der Waals surface area (Å²) in [6.45, 7) is 1.92. The van der Waals surface area contributed by atoms with Gasteiger partial charge in [0.15, 0.2) is 5.78 Å². The molecule has 0 saturated carbocycles. The number of allylic oxidation sites excluding steroid dienone is 2. The summed E-state index contributed by atoms with van der Waals surface area (Å²) in [4.78, 5) is 13.3. The van der Waals surface area contributed by atoms with Gasteiger partial charge in [-0.05, 0) is 42.5 Å². The summed E-state index contributed by atoms with van der Waals surface area (Å²) in [6, 6.07) is 17.9. The van der Waals surface area contributed by atoms with E-state index in [1.807, 2.05) is 49.4 Å². The number of carbonyl (C=O) groups is 1. The topological polar surface area (TPSA) is 55.1 Å². The first-order valence-corrected chi connectivity index (χ1v) is 9.79. The van der Waals surface area contributed by atoms with E-state index in [1.54, 1.807) is 0 Å². The SMILES string of the molecule is Cc1noc2c1[C@H](c1ccc(Cl)cc1)C1=C(C[C@@H](c3ccccc3)CC1=O)N2. The third-order valence-corrected chi connectivity index (χ3v) is 5.98. The third kappa shape index (κ3) is 2.76. The van der Waals surface area contributed by atoms with Gasteiger partial charge < -0.3 is 9.84 Å². The Bertz CT molecular complexity index is 1080. The molecule has 28 heavy (non-hydrogen) atoms. The van der Waals surface area contributed by atoms with Crippen LogP contribution in [-0.2, 0) is 4.79 Å². The van der Waals surface area contributed by atoms with Crippen molar-refractivity contribution in [2.75, 3.05) is 5.32 Å². The van der Waals surface area contributed by atoms with E-state index in [9.17, 15) is 4.79 Å². The average Bonchev–Trinajstić information content (AvgIpc) is 3.08. The molecule has 140 valence electrons. The van der Waals surface area contributed by atoms with Gasteiger partial charge in [0.25, 0.3) is 0 Å². The van der Waals surface area contributed by atoms with Crippen LogP contribution in [0.1, 0.15) is 47.1 Å². The standard InChI is InChI=1S/C23H19ClN2O2/c1-13-20-21(15-7-9-17(24)10-8-15)22-18(25-23(20)28-26-13)11-16(12-19(22)27)14-5-3-2-4-6-14/h2-10,16,21,25H,11-12H2,1H3/t16-,21+/m1/s1. The molecule has 1 aromatic heterocycles. The van der Waals surface area contributed by atoms with Crippen LogP contribution < -0.4 is 5.32 Å². The normalized spacial score (nSPS) is 21.1. The first kappa shape index (κ1) is 17.3. The fourth-order valence-electron chi connectivity index (χ4n) is 4.42. The molecule has 0 saturated heterocycles. The summed E-state index contributed by atoms with van der Waals surface area (Å²) in [5.74, 6) is 0.793. The van der Waals surface area contributed by atoms with Crippen molar-refractivity contribution in [3.05, 3.63) is 93.3 Å². The highest BCUT2D eigenvalue weighted by Gasteiger charge is 2.41. The molecule has 5 heteroatoms. The van der Waals surface area contributed by atoms with Crippen LogP contribution in [0.3, 0.4) is 0 Å². The lowest BCUT2D eigenvalue weighted by atomic mass is 9.72. The van der Waals surface area contributed by atoms with Gasteiger partial charge in [-0.15, -0.1) is 0 Å². The molecule has 2 heterocycles. The van der Waals surface area contributed by atoms with Crippen LogP contribution in [0.2, 0.25) is 5.02 Å². The summed E-state index contributed by atoms with van der Waals surface area (Å²) in [7, 11) is 0.